The molecule has 0 bridgehead atoms. The van der Waals surface area contributed by atoms with Crippen molar-refractivity contribution in [3.63, 3.8) is 0 Å². The molecule has 1 heterocycles. The summed E-state index contributed by atoms with van der Waals surface area (Å²) in [6.45, 7) is 0.570. The topological polar surface area (TPSA) is 42.2 Å². The number of nitrogens with one attached hydrogen (secondary N) is 1. The first kappa shape index (κ1) is 10.6. The number of halogens is 2. The van der Waals surface area contributed by atoms with Crippen LogP contribution in [-0.2, 0) is 0 Å². The summed E-state index contributed by atoms with van der Waals surface area (Å²) >= 11 is 8.57. The van der Waals surface area contributed by atoms with Crippen LogP contribution in [0.15, 0.2) is 21.2 Å². The van der Waals surface area contributed by atoms with Gasteiger partial charge in [-0.2, -0.15) is 0 Å². The van der Waals surface area contributed by atoms with E-state index in [-0.39, 0.29) is 5.91 Å². The van der Waals surface area contributed by atoms with Crippen molar-refractivity contribution in [1.82, 2.24) is 5.32 Å². The first-order valence-corrected chi connectivity index (χ1v) is 5.16. The van der Waals surface area contributed by atoms with Crippen molar-refractivity contribution < 1.29 is 9.21 Å². The number of alkyl halides is 1. The lowest BCUT2D eigenvalue weighted by molar-refractivity contribution is 0.0925. The molecule has 13 heavy (non-hydrogen) atoms. The second-order valence-corrected chi connectivity index (χ2v) is 3.56. The zero-order chi connectivity index (χ0) is 9.68. The Labute approximate surface area is 89.6 Å². The van der Waals surface area contributed by atoms with Gasteiger partial charge in [0.25, 0.3) is 5.91 Å². The molecular formula is C8H9BrClNO2. The lowest BCUT2D eigenvalue weighted by Crippen LogP contribution is -2.24. The van der Waals surface area contributed by atoms with E-state index in [9.17, 15) is 4.79 Å². The molecule has 0 unspecified atom stereocenters. The second-order valence-electron chi connectivity index (χ2n) is 2.40. The molecule has 1 amide bonds. The third-order valence-corrected chi connectivity index (χ3v) is 2.09. The van der Waals surface area contributed by atoms with Crippen LogP contribution in [0, 0.1) is 0 Å². The van der Waals surface area contributed by atoms with Crippen molar-refractivity contribution in [2.45, 2.75) is 6.42 Å². The summed E-state index contributed by atoms with van der Waals surface area (Å²) in [5, 5.41) is 2.68. The Balaban J connectivity index is 2.40. The lowest BCUT2D eigenvalue weighted by Gasteiger charge is -1.99. The Morgan fingerprint density at radius 2 is 2.38 bits per heavy atom. The molecule has 1 rings (SSSR count). The molecule has 0 aromatic carbocycles. The molecule has 0 aliphatic rings. The number of rotatable bonds is 4. The molecule has 0 saturated heterocycles. The van der Waals surface area contributed by atoms with Crippen LogP contribution in [0.25, 0.3) is 0 Å². The van der Waals surface area contributed by atoms with Gasteiger partial charge in [0.1, 0.15) is 0 Å². The maximum Gasteiger partial charge on any atom is 0.287 e. The summed E-state index contributed by atoms with van der Waals surface area (Å²) in [5.74, 6) is 0.638. The smallest absolute Gasteiger partial charge is 0.287 e. The highest BCUT2D eigenvalue weighted by atomic mass is 79.9. The number of furan rings is 1. The van der Waals surface area contributed by atoms with E-state index in [0.717, 1.165) is 6.42 Å². The van der Waals surface area contributed by atoms with Crippen molar-refractivity contribution in [3.05, 3.63) is 22.6 Å². The van der Waals surface area contributed by atoms with Gasteiger partial charge in [-0.3, -0.25) is 4.79 Å². The normalized spacial score (nSPS) is 10.0. The zero-order valence-corrected chi connectivity index (χ0v) is 9.19. The first-order chi connectivity index (χ1) is 6.24. The maximum atomic E-state index is 11.3. The molecule has 0 fully saturated rings. The minimum Gasteiger partial charge on any atom is -0.444 e. The monoisotopic (exact) mass is 265 g/mol. The number of amides is 1. The molecule has 0 saturated carbocycles. The Morgan fingerprint density at radius 3 is 2.92 bits per heavy atom. The van der Waals surface area contributed by atoms with E-state index in [4.69, 9.17) is 16.0 Å². The van der Waals surface area contributed by atoms with Gasteiger partial charge in [-0.1, -0.05) is 0 Å². The Hall–Kier alpha value is -0.480. The van der Waals surface area contributed by atoms with E-state index < -0.39 is 0 Å². The highest BCUT2D eigenvalue weighted by molar-refractivity contribution is 9.10. The highest BCUT2D eigenvalue weighted by Gasteiger charge is 2.08. The summed E-state index contributed by atoms with van der Waals surface area (Å²) < 4.78 is 5.60. The van der Waals surface area contributed by atoms with E-state index in [2.05, 4.69) is 21.2 Å². The van der Waals surface area contributed by atoms with Crippen LogP contribution in [0.1, 0.15) is 17.0 Å². The van der Waals surface area contributed by atoms with Crippen LogP contribution in [0.2, 0.25) is 0 Å². The number of carbonyl (C=O) groups excluding carboxylic acids is 1. The Bertz CT molecular complexity index is 287. The van der Waals surface area contributed by atoms with Crippen molar-refractivity contribution >= 4 is 33.4 Å². The maximum absolute atomic E-state index is 11.3. The number of carbonyl (C=O) groups is 1. The summed E-state index contributed by atoms with van der Waals surface area (Å²) in [5.41, 5.74) is 0. The van der Waals surface area contributed by atoms with Gasteiger partial charge >= 0.3 is 0 Å². The number of hydrogen-bond acceptors (Lipinski definition) is 2. The van der Waals surface area contributed by atoms with Gasteiger partial charge in [-0.25, -0.2) is 0 Å². The van der Waals surface area contributed by atoms with Crippen LogP contribution in [0.4, 0.5) is 0 Å². The standard InChI is InChI=1S/C8H9BrClNO2/c9-7-3-2-6(13-7)8(12)11-5-1-4-10/h2-3H,1,4-5H2,(H,11,12). The van der Waals surface area contributed by atoms with Crippen LogP contribution >= 0.6 is 27.5 Å². The van der Waals surface area contributed by atoms with Crippen molar-refractivity contribution in [2.75, 3.05) is 12.4 Å². The van der Waals surface area contributed by atoms with Crippen molar-refractivity contribution in [3.8, 4) is 0 Å². The first-order valence-electron chi connectivity index (χ1n) is 3.83. The summed E-state index contributed by atoms with van der Waals surface area (Å²) in [6.07, 6.45) is 0.759. The van der Waals surface area contributed by atoms with Gasteiger partial charge in [-0.15, -0.1) is 11.6 Å². The fourth-order valence-electron chi connectivity index (χ4n) is 0.792. The van der Waals surface area contributed by atoms with Gasteiger partial charge in [0, 0.05) is 12.4 Å². The largest absolute Gasteiger partial charge is 0.444 e. The molecule has 0 aliphatic heterocycles. The Morgan fingerprint density at radius 1 is 1.62 bits per heavy atom. The predicted octanol–water partition coefficient (Wildman–Crippen LogP) is 2.40. The summed E-state index contributed by atoms with van der Waals surface area (Å²) in [7, 11) is 0. The van der Waals surface area contributed by atoms with Gasteiger partial charge in [0.2, 0.25) is 0 Å². The third-order valence-electron chi connectivity index (χ3n) is 1.39. The average molecular weight is 267 g/mol. The molecule has 0 atom stereocenters. The van der Waals surface area contributed by atoms with E-state index in [0.29, 0.717) is 22.9 Å². The van der Waals surface area contributed by atoms with E-state index in [1.54, 1.807) is 12.1 Å². The molecule has 1 N–H and O–H groups in total. The molecular weight excluding hydrogens is 257 g/mol. The van der Waals surface area contributed by atoms with Gasteiger partial charge < -0.3 is 9.73 Å². The van der Waals surface area contributed by atoms with Gasteiger partial charge in [0.15, 0.2) is 10.4 Å². The Kier molecular flexibility index (Phi) is 4.32. The van der Waals surface area contributed by atoms with Crippen LogP contribution in [-0.4, -0.2) is 18.3 Å². The van der Waals surface area contributed by atoms with Crippen LogP contribution in [0.3, 0.4) is 0 Å². The fourth-order valence-corrected chi connectivity index (χ4v) is 1.23. The highest BCUT2D eigenvalue weighted by Crippen LogP contribution is 2.13. The van der Waals surface area contributed by atoms with Crippen molar-refractivity contribution in [2.24, 2.45) is 0 Å². The minimum atomic E-state index is -0.212. The molecule has 1 aromatic rings. The van der Waals surface area contributed by atoms with Crippen LogP contribution in [0.5, 0.6) is 0 Å². The molecule has 0 aliphatic carbocycles. The lowest BCUT2D eigenvalue weighted by atomic mass is 10.4. The molecule has 3 nitrogen and oxygen atoms in total. The predicted molar refractivity (Wildman–Crippen MR) is 54.1 cm³/mol. The fraction of sp³-hybridized carbons (Fsp3) is 0.375. The molecule has 72 valence electrons. The quantitative estimate of drug-likeness (QED) is 0.672. The third kappa shape index (κ3) is 3.40. The molecule has 0 radical (unpaired) electrons. The van der Waals surface area contributed by atoms with Crippen LogP contribution < -0.4 is 5.32 Å². The van der Waals surface area contributed by atoms with E-state index in [1.807, 2.05) is 0 Å². The van der Waals surface area contributed by atoms with E-state index >= 15 is 0 Å². The van der Waals surface area contributed by atoms with E-state index in [1.165, 1.54) is 0 Å². The van der Waals surface area contributed by atoms with Gasteiger partial charge in [0.05, 0.1) is 0 Å². The molecule has 1 aromatic heterocycles. The average Bonchev–Trinajstić information content (AvgIpc) is 2.52. The zero-order valence-electron chi connectivity index (χ0n) is 6.85. The number of hydrogen-bond donors (Lipinski definition) is 1. The van der Waals surface area contributed by atoms with Crippen molar-refractivity contribution in [1.29, 1.82) is 0 Å². The second kappa shape index (κ2) is 5.29. The SMILES string of the molecule is O=C(NCCCCl)c1ccc(Br)o1. The molecule has 5 heteroatoms. The minimum absolute atomic E-state index is 0.212. The summed E-state index contributed by atoms with van der Waals surface area (Å²) in [6, 6.07) is 3.29. The van der Waals surface area contributed by atoms with Gasteiger partial charge in [-0.05, 0) is 34.5 Å². The summed E-state index contributed by atoms with van der Waals surface area (Å²) in [4.78, 5) is 11.3. The molecule has 0 spiro atoms.